The molecule has 0 heterocycles. The van der Waals surface area contributed by atoms with Gasteiger partial charge < -0.3 is 10.2 Å². The van der Waals surface area contributed by atoms with E-state index in [2.05, 4.69) is 9.98 Å². The molecule has 4 aromatic carbocycles. The number of aliphatic imine (C=N–C) groups is 2. The summed E-state index contributed by atoms with van der Waals surface area (Å²) in [5, 5.41) is 20.8. The van der Waals surface area contributed by atoms with E-state index in [1.54, 1.807) is 24.6 Å². The predicted molar refractivity (Wildman–Crippen MR) is 142 cm³/mol. The van der Waals surface area contributed by atoms with Gasteiger partial charge in [0.1, 0.15) is 11.5 Å². The van der Waals surface area contributed by atoms with Gasteiger partial charge in [-0.1, -0.05) is 48.5 Å². The Morgan fingerprint density at radius 3 is 1.24 bits per heavy atom. The second-order valence-corrected chi connectivity index (χ2v) is 8.54. The van der Waals surface area contributed by atoms with Crippen molar-refractivity contribution in [1.29, 1.82) is 0 Å². The van der Waals surface area contributed by atoms with Gasteiger partial charge in [0.25, 0.3) is 0 Å². The van der Waals surface area contributed by atoms with Crippen LogP contribution < -0.4 is 0 Å². The van der Waals surface area contributed by atoms with E-state index in [0.717, 1.165) is 44.8 Å². The SMILES string of the molecule is Cc1cccc(C)c1N=Cc1cc(-c2ccc(O)c(C=Nc3c(C)cccc3C)c2)ccc1O. The minimum absolute atomic E-state index is 0.161. The Kier molecular flexibility index (Phi) is 6.60. The molecule has 0 saturated heterocycles. The molecule has 4 nitrogen and oxygen atoms in total. The maximum atomic E-state index is 10.4. The highest BCUT2D eigenvalue weighted by molar-refractivity contribution is 5.91. The largest absolute Gasteiger partial charge is 0.507 e. The van der Waals surface area contributed by atoms with Crippen molar-refractivity contribution in [3.05, 3.63) is 106 Å². The zero-order valence-corrected chi connectivity index (χ0v) is 19.9. The summed E-state index contributed by atoms with van der Waals surface area (Å²) in [6.45, 7) is 8.09. The van der Waals surface area contributed by atoms with Crippen molar-refractivity contribution in [2.75, 3.05) is 0 Å². The second-order valence-electron chi connectivity index (χ2n) is 8.54. The molecule has 0 bridgehead atoms. The van der Waals surface area contributed by atoms with Crippen molar-refractivity contribution >= 4 is 23.8 Å². The number of aryl methyl sites for hydroxylation is 4. The number of phenolic OH excluding ortho intramolecular Hbond substituents is 2. The highest BCUT2D eigenvalue weighted by Gasteiger charge is 2.08. The Balaban J connectivity index is 1.68. The van der Waals surface area contributed by atoms with Crippen LogP contribution in [0.25, 0.3) is 11.1 Å². The van der Waals surface area contributed by atoms with Crippen LogP contribution >= 0.6 is 0 Å². The van der Waals surface area contributed by atoms with E-state index < -0.39 is 0 Å². The summed E-state index contributed by atoms with van der Waals surface area (Å²) in [6.07, 6.45) is 3.38. The standard InChI is InChI=1S/C30H28N2O2/c1-19-7-5-8-20(2)29(19)31-17-25-15-23(11-13-27(25)33)24-12-14-28(34)26(16-24)18-32-30-21(3)9-6-10-22(30)4/h5-18,33-34H,1-4H3. The third-order valence-corrected chi connectivity index (χ3v) is 5.93. The highest BCUT2D eigenvalue weighted by atomic mass is 16.3. The van der Waals surface area contributed by atoms with E-state index in [-0.39, 0.29) is 11.5 Å². The number of benzene rings is 4. The average molecular weight is 449 g/mol. The molecular weight excluding hydrogens is 420 g/mol. The predicted octanol–water partition coefficient (Wildman–Crippen LogP) is 7.50. The fraction of sp³-hybridized carbons (Fsp3) is 0.133. The van der Waals surface area contributed by atoms with Gasteiger partial charge in [-0.3, -0.25) is 9.98 Å². The molecule has 0 radical (unpaired) electrons. The molecular formula is C30H28N2O2. The van der Waals surface area contributed by atoms with E-state index in [1.807, 2.05) is 88.4 Å². The van der Waals surface area contributed by atoms with Gasteiger partial charge in [-0.2, -0.15) is 0 Å². The van der Waals surface area contributed by atoms with Crippen LogP contribution in [-0.4, -0.2) is 22.6 Å². The van der Waals surface area contributed by atoms with E-state index in [4.69, 9.17) is 0 Å². The van der Waals surface area contributed by atoms with Crippen molar-refractivity contribution in [3.63, 3.8) is 0 Å². The quantitative estimate of drug-likeness (QED) is 0.310. The van der Waals surface area contributed by atoms with Gasteiger partial charge >= 0.3 is 0 Å². The van der Waals surface area contributed by atoms with E-state index >= 15 is 0 Å². The number of aromatic hydroxyl groups is 2. The van der Waals surface area contributed by atoms with Gasteiger partial charge in [0.2, 0.25) is 0 Å². The molecule has 0 spiro atoms. The van der Waals surface area contributed by atoms with Crippen LogP contribution in [0.5, 0.6) is 11.5 Å². The molecule has 4 aromatic rings. The molecule has 0 fully saturated rings. The molecule has 0 aliphatic rings. The lowest BCUT2D eigenvalue weighted by atomic mass is 10.0. The number of hydrogen-bond donors (Lipinski definition) is 2. The Morgan fingerprint density at radius 1 is 0.529 bits per heavy atom. The molecule has 0 aliphatic carbocycles. The molecule has 0 unspecified atom stereocenters. The molecule has 2 N–H and O–H groups in total. The van der Waals surface area contributed by atoms with Gasteiger partial charge in [-0.25, -0.2) is 0 Å². The zero-order chi connectivity index (χ0) is 24.2. The van der Waals surface area contributed by atoms with Gasteiger partial charge in [-0.15, -0.1) is 0 Å². The van der Waals surface area contributed by atoms with E-state index in [9.17, 15) is 10.2 Å². The Morgan fingerprint density at radius 2 is 0.882 bits per heavy atom. The lowest BCUT2D eigenvalue weighted by Gasteiger charge is -2.09. The molecule has 0 aromatic heterocycles. The third kappa shape index (κ3) is 4.91. The highest BCUT2D eigenvalue weighted by Crippen LogP contribution is 2.30. The maximum Gasteiger partial charge on any atom is 0.124 e. The fourth-order valence-corrected chi connectivity index (χ4v) is 3.96. The second kappa shape index (κ2) is 9.75. The summed E-state index contributed by atoms with van der Waals surface area (Å²) in [5.74, 6) is 0.323. The lowest BCUT2D eigenvalue weighted by Crippen LogP contribution is -1.89. The Bertz CT molecular complexity index is 1270. The van der Waals surface area contributed by atoms with Crippen LogP contribution in [0.3, 0.4) is 0 Å². The minimum Gasteiger partial charge on any atom is -0.507 e. The molecule has 0 atom stereocenters. The van der Waals surface area contributed by atoms with E-state index in [0.29, 0.717) is 11.1 Å². The first kappa shape index (κ1) is 23.0. The molecule has 0 aliphatic heterocycles. The minimum atomic E-state index is 0.161. The molecule has 170 valence electrons. The van der Waals surface area contributed by atoms with Crippen LogP contribution in [0.2, 0.25) is 0 Å². The van der Waals surface area contributed by atoms with Gasteiger partial charge in [-0.05, 0) is 85.3 Å². The summed E-state index contributed by atoms with van der Waals surface area (Å²) in [5.41, 5.74) is 9.19. The number of hydrogen-bond acceptors (Lipinski definition) is 4. The maximum absolute atomic E-state index is 10.4. The molecule has 0 saturated carbocycles. The summed E-state index contributed by atoms with van der Waals surface area (Å²) >= 11 is 0. The van der Waals surface area contributed by atoms with Crippen molar-refractivity contribution in [2.24, 2.45) is 9.98 Å². The zero-order valence-electron chi connectivity index (χ0n) is 19.9. The monoisotopic (exact) mass is 448 g/mol. The van der Waals surface area contributed by atoms with Crippen LogP contribution in [0.4, 0.5) is 11.4 Å². The fourth-order valence-electron chi connectivity index (χ4n) is 3.96. The van der Waals surface area contributed by atoms with Gasteiger partial charge in [0.15, 0.2) is 0 Å². The topological polar surface area (TPSA) is 65.2 Å². The van der Waals surface area contributed by atoms with Crippen LogP contribution in [0, 0.1) is 27.7 Å². The number of phenols is 2. The summed E-state index contributed by atoms with van der Waals surface area (Å²) in [4.78, 5) is 9.27. The van der Waals surface area contributed by atoms with Crippen molar-refractivity contribution in [1.82, 2.24) is 0 Å². The molecule has 4 heteroatoms. The van der Waals surface area contributed by atoms with Crippen LogP contribution in [0.1, 0.15) is 33.4 Å². The first-order valence-corrected chi connectivity index (χ1v) is 11.2. The first-order valence-electron chi connectivity index (χ1n) is 11.2. The molecule has 0 amide bonds. The summed E-state index contributed by atoms with van der Waals surface area (Å²) in [6, 6.07) is 22.9. The van der Waals surface area contributed by atoms with Crippen LogP contribution in [0.15, 0.2) is 82.8 Å². The lowest BCUT2D eigenvalue weighted by molar-refractivity contribution is 0.473. The van der Waals surface area contributed by atoms with E-state index in [1.165, 1.54) is 0 Å². The molecule has 34 heavy (non-hydrogen) atoms. The third-order valence-electron chi connectivity index (χ3n) is 5.93. The van der Waals surface area contributed by atoms with Crippen LogP contribution in [-0.2, 0) is 0 Å². The number of para-hydroxylation sites is 2. The first-order chi connectivity index (χ1) is 16.3. The van der Waals surface area contributed by atoms with Gasteiger partial charge in [0, 0.05) is 23.6 Å². The smallest absolute Gasteiger partial charge is 0.124 e. The number of rotatable bonds is 5. The summed E-state index contributed by atoms with van der Waals surface area (Å²) in [7, 11) is 0. The molecule has 4 rings (SSSR count). The number of nitrogens with zero attached hydrogens (tertiary/aromatic N) is 2. The van der Waals surface area contributed by atoms with Crippen molar-refractivity contribution < 1.29 is 10.2 Å². The Labute approximate surface area is 200 Å². The Hall–Kier alpha value is -4.18. The van der Waals surface area contributed by atoms with Gasteiger partial charge in [0.05, 0.1) is 11.4 Å². The average Bonchev–Trinajstić information content (AvgIpc) is 2.80. The van der Waals surface area contributed by atoms with Crippen molar-refractivity contribution in [3.8, 4) is 22.6 Å². The normalized spacial score (nSPS) is 11.5. The van der Waals surface area contributed by atoms with Crippen molar-refractivity contribution in [2.45, 2.75) is 27.7 Å². The summed E-state index contributed by atoms with van der Waals surface area (Å²) < 4.78 is 0.